The lowest BCUT2D eigenvalue weighted by Gasteiger charge is -2.17. The van der Waals surface area contributed by atoms with Crippen LogP contribution in [0.25, 0.3) is 0 Å². The second kappa shape index (κ2) is 4.57. The number of hydrogen-bond acceptors (Lipinski definition) is 3. The predicted molar refractivity (Wildman–Crippen MR) is 66.9 cm³/mol. The van der Waals surface area contributed by atoms with Gasteiger partial charge >= 0.3 is 0 Å². The average molecular weight is 233 g/mol. The number of rotatable bonds is 1. The SMILES string of the molecule is CC1NCCC1c1ccc2c(c1)OCCCO2. The van der Waals surface area contributed by atoms with Gasteiger partial charge in [-0.3, -0.25) is 0 Å². The molecule has 2 aliphatic heterocycles. The fourth-order valence-corrected chi connectivity index (χ4v) is 2.72. The van der Waals surface area contributed by atoms with Crippen molar-refractivity contribution in [3.05, 3.63) is 23.8 Å². The quantitative estimate of drug-likeness (QED) is 0.807. The molecule has 1 fully saturated rings. The van der Waals surface area contributed by atoms with E-state index in [1.807, 2.05) is 0 Å². The second-order valence-corrected chi connectivity index (χ2v) is 4.89. The van der Waals surface area contributed by atoms with Crippen molar-refractivity contribution in [2.45, 2.75) is 31.7 Å². The van der Waals surface area contributed by atoms with Crippen molar-refractivity contribution < 1.29 is 9.47 Å². The molecule has 1 aromatic carbocycles. The summed E-state index contributed by atoms with van der Waals surface area (Å²) in [5.41, 5.74) is 1.37. The zero-order chi connectivity index (χ0) is 11.7. The fraction of sp³-hybridized carbons (Fsp3) is 0.571. The first-order chi connectivity index (χ1) is 8.34. The van der Waals surface area contributed by atoms with Crippen LogP contribution in [-0.4, -0.2) is 25.8 Å². The second-order valence-electron chi connectivity index (χ2n) is 4.89. The van der Waals surface area contributed by atoms with Gasteiger partial charge in [-0.15, -0.1) is 0 Å². The number of fused-ring (bicyclic) bond motifs is 1. The van der Waals surface area contributed by atoms with Crippen molar-refractivity contribution in [1.29, 1.82) is 0 Å². The minimum Gasteiger partial charge on any atom is -0.490 e. The minimum atomic E-state index is 0.555. The predicted octanol–water partition coefficient (Wildman–Crippen LogP) is 2.31. The molecule has 2 aliphatic rings. The maximum Gasteiger partial charge on any atom is 0.161 e. The van der Waals surface area contributed by atoms with Crippen molar-refractivity contribution in [2.75, 3.05) is 19.8 Å². The van der Waals surface area contributed by atoms with Gasteiger partial charge in [-0.2, -0.15) is 0 Å². The van der Waals surface area contributed by atoms with Gasteiger partial charge < -0.3 is 14.8 Å². The van der Waals surface area contributed by atoms with Crippen molar-refractivity contribution in [3.8, 4) is 11.5 Å². The van der Waals surface area contributed by atoms with Gasteiger partial charge in [-0.05, 0) is 37.6 Å². The summed E-state index contributed by atoms with van der Waals surface area (Å²) in [6.07, 6.45) is 2.17. The first-order valence-electron chi connectivity index (χ1n) is 6.47. The van der Waals surface area contributed by atoms with E-state index in [2.05, 4.69) is 30.4 Å². The summed E-state index contributed by atoms with van der Waals surface area (Å²) >= 11 is 0. The number of ether oxygens (including phenoxy) is 2. The summed E-state index contributed by atoms with van der Waals surface area (Å²) in [4.78, 5) is 0. The molecule has 0 spiro atoms. The molecule has 2 heterocycles. The lowest BCUT2D eigenvalue weighted by atomic mass is 9.92. The molecular weight excluding hydrogens is 214 g/mol. The number of benzene rings is 1. The Labute approximate surface area is 102 Å². The van der Waals surface area contributed by atoms with E-state index < -0.39 is 0 Å². The molecule has 0 aliphatic carbocycles. The van der Waals surface area contributed by atoms with Crippen LogP contribution in [0.3, 0.4) is 0 Å². The Bertz CT molecular complexity index is 405. The summed E-state index contributed by atoms with van der Waals surface area (Å²) in [5.74, 6) is 2.41. The van der Waals surface area contributed by atoms with Crippen LogP contribution in [0.4, 0.5) is 0 Å². The van der Waals surface area contributed by atoms with Crippen LogP contribution in [0.5, 0.6) is 11.5 Å². The maximum atomic E-state index is 5.74. The van der Waals surface area contributed by atoms with Gasteiger partial charge in [0.1, 0.15) is 0 Å². The van der Waals surface area contributed by atoms with Crippen LogP contribution in [0.1, 0.15) is 31.2 Å². The first-order valence-corrected chi connectivity index (χ1v) is 6.47. The van der Waals surface area contributed by atoms with Crippen molar-refractivity contribution in [3.63, 3.8) is 0 Å². The van der Waals surface area contributed by atoms with Gasteiger partial charge in [0.15, 0.2) is 11.5 Å². The molecule has 0 radical (unpaired) electrons. The van der Waals surface area contributed by atoms with E-state index in [1.54, 1.807) is 0 Å². The molecule has 1 N–H and O–H groups in total. The van der Waals surface area contributed by atoms with Crippen LogP contribution in [0.15, 0.2) is 18.2 Å². The Balaban J connectivity index is 1.89. The highest BCUT2D eigenvalue weighted by molar-refractivity contribution is 5.44. The van der Waals surface area contributed by atoms with E-state index in [-0.39, 0.29) is 0 Å². The van der Waals surface area contributed by atoms with Gasteiger partial charge in [0.25, 0.3) is 0 Å². The first kappa shape index (κ1) is 10.9. The Morgan fingerprint density at radius 2 is 2.00 bits per heavy atom. The zero-order valence-corrected chi connectivity index (χ0v) is 10.2. The van der Waals surface area contributed by atoms with Gasteiger partial charge in [0.05, 0.1) is 13.2 Å². The zero-order valence-electron chi connectivity index (χ0n) is 10.2. The third kappa shape index (κ3) is 2.12. The lowest BCUT2D eigenvalue weighted by Crippen LogP contribution is -2.21. The van der Waals surface area contributed by atoms with Crippen LogP contribution < -0.4 is 14.8 Å². The van der Waals surface area contributed by atoms with Gasteiger partial charge in [-0.25, -0.2) is 0 Å². The molecule has 0 aromatic heterocycles. The highest BCUT2D eigenvalue weighted by Gasteiger charge is 2.25. The largest absolute Gasteiger partial charge is 0.490 e. The third-order valence-electron chi connectivity index (χ3n) is 3.72. The van der Waals surface area contributed by atoms with Crippen molar-refractivity contribution in [1.82, 2.24) is 5.32 Å². The van der Waals surface area contributed by atoms with Crippen molar-refractivity contribution in [2.24, 2.45) is 0 Å². The summed E-state index contributed by atoms with van der Waals surface area (Å²) in [7, 11) is 0. The summed E-state index contributed by atoms with van der Waals surface area (Å²) in [5, 5.41) is 3.49. The van der Waals surface area contributed by atoms with E-state index in [0.29, 0.717) is 12.0 Å². The van der Waals surface area contributed by atoms with E-state index in [1.165, 1.54) is 12.0 Å². The molecular formula is C14H19NO2. The summed E-state index contributed by atoms with van der Waals surface area (Å²) in [6.45, 7) is 4.88. The van der Waals surface area contributed by atoms with E-state index in [9.17, 15) is 0 Å². The molecule has 0 amide bonds. The van der Waals surface area contributed by atoms with E-state index in [4.69, 9.17) is 9.47 Å². The van der Waals surface area contributed by atoms with E-state index in [0.717, 1.165) is 37.7 Å². The molecule has 0 bridgehead atoms. The average Bonchev–Trinajstić information content (AvgIpc) is 2.64. The number of nitrogens with one attached hydrogen (secondary N) is 1. The third-order valence-corrected chi connectivity index (χ3v) is 3.72. The van der Waals surface area contributed by atoms with Gasteiger partial charge in [0.2, 0.25) is 0 Å². The molecule has 3 nitrogen and oxygen atoms in total. The maximum absolute atomic E-state index is 5.74. The molecule has 92 valence electrons. The Kier molecular flexibility index (Phi) is 2.93. The molecule has 3 rings (SSSR count). The number of hydrogen-bond donors (Lipinski definition) is 1. The molecule has 17 heavy (non-hydrogen) atoms. The minimum absolute atomic E-state index is 0.555. The van der Waals surface area contributed by atoms with E-state index >= 15 is 0 Å². The Hall–Kier alpha value is -1.22. The summed E-state index contributed by atoms with van der Waals surface area (Å²) in [6, 6.07) is 6.96. The normalized spacial score (nSPS) is 27.8. The molecule has 2 unspecified atom stereocenters. The molecule has 1 saturated heterocycles. The Morgan fingerprint density at radius 1 is 1.18 bits per heavy atom. The van der Waals surface area contributed by atoms with Gasteiger partial charge in [0, 0.05) is 18.4 Å². The monoisotopic (exact) mass is 233 g/mol. The van der Waals surface area contributed by atoms with Crippen molar-refractivity contribution >= 4 is 0 Å². The lowest BCUT2D eigenvalue weighted by molar-refractivity contribution is 0.297. The summed E-state index contributed by atoms with van der Waals surface area (Å²) < 4.78 is 11.4. The van der Waals surface area contributed by atoms with Crippen LogP contribution in [0, 0.1) is 0 Å². The molecule has 2 atom stereocenters. The standard InChI is InChI=1S/C14H19NO2/c1-10-12(5-6-15-10)11-3-4-13-14(9-11)17-8-2-7-16-13/h3-4,9-10,12,15H,2,5-8H2,1H3. The topological polar surface area (TPSA) is 30.5 Å². The highest BCUT2D eigenvalue weighted by atomic mass is 16.5. The molecule has 0 saturated carbocycles. The van der Waals surface area contributed by atoms with Crippen LogP contribution in [0.2, 0.25) is 0 Å². The fourth-order valence-electron chi connectivity index (χ4n) is 2.72. The molecule has 1 aromatic rings. The highest BCUT2D eigenvalue weighted by Crippen LogP contribution is 2.35. The van der Waals surface area contributed by atoms with Gasteiger partial charge in [-0.1, -0.05) is 6.07 Å². The smallest absolute Gasteiger partial charge is 0.161 e. The van der Waals surface area contributed by atoms with Crippen LogP contribution in [-0.2, 0) is 0 Å². The van der Waals surface area contributed by atoms with Crippen LogP contribution >= 0.6 is 0 Å². The molecule has 3 heteroatoms. The Morgan fingerprint density at radius 3 is 2.76 bits per heavy atom.